The number of alkyl halides is 2. The highest BCUT2D eigenvalue weighted by atomic mass is 32.2. The molecule has 0 bridgehead atoms. The molecule has 3 aliphatic rings. The molecule has 5 heterocycles. The van der Waals surface area contributed by atoms with Crippen LogP contribution in [0.2, 0.25) is 0 Å². The van der Waals surface area contributed by atoms with E-state index in [0.717, 1.165) is 13.1 Å². The van der Waals surface area contributed by atoms with Crippen molar-refractivity contribution in [2.45, 2.75) is 35.7 Å². The van der Waals surface area contributed by atoms with E-state index in [-0.39, 0.29) is 21.8 Å². The van der Waals surface area contributed by atoms with Gasteiger partial charge in [0.15, 0.2) is 15.8 Å². The van der Waals surface area contributed by atoms with Crippen LogP contribution in [0.15, 0.2) is 23.4 Å². The molecule has 6 rings (SSSR count). The molecule has 0 spiro atoms. The van der Waals surface area contributed by atoms with Gasteiger partial charge in [0.25, 0.3) is 6.43 Å². The van der Waals surface area contributed by atoms with Crippen LogP contribution in [0.25, 0.3) is 16.3 Å². The highest BCUT2D eigenvalue weighted by Gasteiger charge is 2.47. The summed E-state index contributed by atoms with van der Waals surface area (Å²) >= 11 is 0.706. The van der Waals surface area contributed by atoms with E-state index >= 15 is 0 Å². The maximum Gasteiger partial charge on any atom is 0.291 e. The summed E-state index contributed by atoms with van der Waals surface area (Å²) in [6.45, 7) is 4.21. The molecule has 0 unspecified atom stereocenters. The Balaban J connectivity index is 1.46. The number of nitrogens with zero attached hydrogens (tertiary/aromatic N) is 7. The third kappa shape index (κ3) is 4.12. The first-order valence-corrected chi connectivity index (χ1v) is 13.7. The Labute approximate surface area is 209 Å². The zero-order chi connectivity index (χ0) is 25.1. The van der Waals surface area contributed by atoms with Gasteiger partial charge < -0.3 is 9.64 Å². The van der Waals surface area contributed by atoms with Gasteiger partial charge in [0.05, 0.1) is 42.7 Å². The van der Waals surface area contributed by atoms with Crippen molar-refractivity contribution in [1.29, 1.82) is 5.26 Å². The molecule has 11 nitrogen and oxygen atoms in total. The largest absolute Gasteiger partial charge is 0.378 e. The third-order valence-corrected chi connectivity index (χ3v) is 9.23. The highest BCUT2D eigenvalue weighted by molar-refractivity contribution is 7.89. The Morgan fingerprint density at radius 2 is 2.11 bits per heavy atom. The van der Waals surface area contributed by atoms with Crippen molar-refractivity contribution in [3.63, 3.8) is 0 Å². The average molecular weight is 537 g/mol. The third-order valence-electron chi connectivity index (χ3n) is 6.80. The van der Waals surface area contributed by atoms with E-state index in [0.29, 0.717) is 61.7 Å². The Morgan fingerprint density at radius 3 is 2.83 bits per heavy atom. The SMILES string of the molecule is N#CC1(NS(=O)(=O)c2cc(N3CCN4CCOC[C@H]4C3)c3cnc(-c4nnc(C(F)F)s4)n3c2)CC1. The maximum absolute atomic E-state index is 13.3. The Bertz CT molecular complexity index is 1460. The van der Waals surface area contributed by atoms with E-state index in [1.165, 1.54) is 6.20 Å². The molecule has 0 amide bonds. The van der Waals surface area contributed by atoms with E-state index in [1.807, 2.05) is 6.07 Å². The van der Waals surface area contributed by atoms with Crippen LogP contribution < -0.4 is 9.62 Å². The zero-order valence-electron chi connectivity index (χ0n) is 19.0. The standard InChI is InChI=1S/C21H22F2N8O3S2/c22-17(23)19-26-27-20(35-19)18-25-8-16-15(30-4-3-29-5-6-34-11-13(29)9-30)7-14(10-31(16)18)36(32,33)28-21(12-24)1-2-21/h7-8,10,13,17,28H,1-6,9,11H2/t13-/m1/s1. The van der Waals surface area contributed by atoms with Gasteiger partial charge in [-0.25, -0.2) is 22.2 Å². The second kappa shape index (κ2) is 8.67. The number of nitrogens with one attached hydrogen (secondary N) is 1. The summed E-state index contributed by atoms with van der Waals surface area (Å²) in [7, 11) is -4.06. The lowest BCUT2D eigenvalue weighted by molar-refractivity contribution is -0.0116. The number of aromatic nitrogens is 4. The van der Waals surface area contributed by atoms with Gasteiger partial charge in [-0.15, -0.1) is 10.2 Å². The molecular formula is C21H22F2N8O3S2. The van der Waals surface area contributed by atoms with Gasteiger partial charge in [-0.2, -0.15) is 9.98 Å². The molecular weight excluding hydrogens is 514 g/mol. The molecule has 1 aliphatic carbocycles. The van der Waals surface area contributed by atoms with Crippen LogP contribution in [0, 0.1) is 11.3 Å². The van der Waals surface area contributed by atoms with Crippen molar-refractivity contribution < 1.29 is 21.9 Å². The predicted octanol–water partition coefficient (Wildman–Crippen LogP) is 1.65. The van der Waals surface area contributed by atoms with Gasteiger partial charge in [0, 0.05) is 32.4 Å². The summed E-state index contributed by atoms with van der Waals surface area (Å²) in [4.78, 5) is 8.80. The second-order valence-corrected chi connectivity index (χ2v) is 11.8. The second-order valence-electron chi connectivity index (χ2n) is 9.15. The normalized spacial score (nSPS) is 22.1. The van der Waals surface area contributed by atoms with E-state index in [2.05, 4.69) is 29.7 Å². The molecule has 15 heteroatoms. The quantitative estimate of drug-likeness (QED) is 0.500. The van der Waals surface area contributed by atoms with Crippen molar-refractivity contribution in [2.75, 3.05) is 44.3 Å². The lowest BCUT2D eigenvalue weighted by atomic mass is 10.1. The molecule has 1 N–H and O–H groups in total. The van der Waals surface area contributed by atoms with Crippen LogP contribution in [-0.4, -0.2) is 83.9 Å². The fourth-order valence-corrected chi connectivity index (χ4v) is 6.75. The molecule has 3 aromatic heterocycles. The molecule has 1 saturated carbocycles. The minimum Gasteiger partial charge on any atom is -0.378 e. The van der Waals surface area contributed by atoms with Crippen molar-refractivity contribution in [1.82, 2.24) is 29.2 Å². The number of ether oxygens (including phenoxy) is 1. The first-order valence-electron chi connectivity index (χ1n) is 11.4. The first kappa shape index (κ1) is 23.6. The number of anilines is 1. The summed E-state index contributed by atoms with van der Waals surface area (Å²) in [5.41, 5.74) is 0.161. The number of halogens is 2. The number of hydrogen-bond donors (Lipinski definition) is 1. The van der Waals surface area contributed by atoms with Crippen molar-refractivity contribution in [2.24, 2.45) is 0 Å². The highest BCUT2D eigenvalue weighted by Crippen LogP contribution is 2.38. The summed E-state index contributed by atoms with van der Waals surface area (Å²) < 4.78 is 62.7. The smallest absolute Gasteiger partial charge is 0.291 e. The fraction of sp³-hybridized carbons (Fsp3) is 0.524. The number of sulfonamides is 1. The molecule has 2 saturated heterocycles. The molecule has 2 aliphatic heterocycles. The molecule has 190 valence electrons. The number of hydrogen-bond acceptors (Lipinski definition) is 10. The average Bonchev–Trinajstić information content (AvgIpc) is 3.26. The molecule has 0 aromatic carbocycles. The van der Waals surface area contributed by atoms with E-state index in [4.69, 9.17) is 4.74 Å². The zero-order valence-corrected chi connectivity index (χ0v) is 20.6. The van der Waals surface area contributed by atoms with E-state index in [9.17, 15) is 22.5 Å². The van der Waals surface area contributed by atoms with Crippen LogP contribution in [0.3, 0.4) is 0 Å². The maximum atomic E-state index is 13.3. The number of fused-ring (bicyclic) bond motifs is 2. The van der Waals surface area contributed by atoms with Crippen LogP contribution in [0.1, 0.15) is 24.3 Å². The number of pyridine rings is 1. The predicted molar refractivity (Wildman–Crippen MR) is 125 cm³/mol. The van der Waals surface area contributed by atoms with Crippen molar-refractivity contribution in [3.8, 4) is 16.9 Å². The van der Waals surface area contributed by atoms with Gasteiger partial charge in [-0.1, -0.05) is 11.3 Å². The van der Waals surface area contributed by atoms with E-state index in [1.54, 1.807) is 16.7 Å². The van der Waals surface area contributed by atoms with Gasteiger partial charge in [0.1, 0.15) is 10.4 Å². The molecule has 36 heavy (non-hydrogen) atoms. The topological polar surface area (TPSA) is 129 Å². The summed E-state index contributed by atoms with van der Waals surface area (Å²) in [6, 6.07) is 3.79. The summed E-state index contributed by atoms with van der Waals surface area (Å²) in [6.07, 6.45) is 1.09. The van der Waals surface area contributed by atoms with Crippen LogP contribution in [0.5, 0.6) is 0 Å². The van der Waals surface area contributed by atoms with Crippen LogP contribution in [-0.2, 0) is 14.8 Å². The Morgan fingerprint density at radius 1 is 1.28 bits per heavy atom. The van der Waals surface area contributed by atoms with Gasteiger partial charge in [-0.05, 0) is 18.9 Å². The molecule has 3 fully saturated rings. The molecule has 0 radical (unpaired) electrons. The number of imidazole rings is 1. The fourth-order valence-electron chi connectivity index (χ4n) is 4.67. The molecule has 1 atom stereocenters. The minimum absolute atomic E-state index is 0.0494. The summed E-state index contributed by atoms with van der Waals surface area (Å²) in [5, 5.41) is 16.5. The van der Waals surface area contributed by atoms with Crippen LogP contribution in [0.4, 0.5) is 14.5 Å². The van der Waals surface area contributed by atoms with Gasteiger partial charge >= 0.3 is 0 Å². The lowest BCUT2D eigenvalue weighted by Gasteiger charge is -2.44. The Kier molecular flexibility index (Phi) is 5.68. The van der Waals surface area contributed by atoms with Crippen molar-refractivity contribution >= 4 is 32.6 Å². The monoisotopic (exact) mass is 536 g/mol. The summed E-state index contributed by atoms with van der Waals surface area (Å²) in [5.74, 6) is 0.216. The molecule has 3 aromatic rings. The number of piperazine rings is 1. The minimum atomic E-state index is -4.06. The van der Waals surface area contributed by atoms with Crippen molar-refractivity contribution in [3.05, 3.63) is 23.5 Å². The van der Waals surface area contributed by atoms with Crippen LogP contribution >= 0.6 is 11.3 Å². The number of morpholine rings is 1. The van der Waals surface area contributed by atoms with Gasteiger partial charge in [-0.3, -0.25) is 9.30 Å². The first-order chi connectivity index (χ1) is 17.3. The number of rotatable bonds is 6. The van der Waals surface area contributed by atoms with E-state index < -0.39 is 27.0 Å². The lowest BCUT2D eigenvalue weighted by Crippen LogP contribution is -2.58. The Hall–Kier alpha value is -2.77. The number of nitriles is 1. The van der Waals surface area contributed by atoms with Gasteiger partial charge in [0.2, 0.25) is 10.0 Å².